The van der Waals surface area contributed by atoms with Gasteiger partial charge in [0.2, 0.25) is 0 Å². The molecule has 5 nitrogen and oxygen atoms in total. The second kappa shape index (κ2) is 6.55. The van der Waals surface area contributed by atoms with Gasteiger partial charge in [-0.1, -0.05) is 44.0 Å². The fourth-order valence-electron chi connectivity index (χ4n) is 2.95. The van der Waals surface area contributed by atoms with E-state index in [1.807, 2.05) is 20.8 Å². The quantitative estimate of drug-likeness (QED) is 0.482. The molecule has 0 aliphatic carbocycles. The van der Waals surface area contributed by atoms with Gasteiger partial charge in [-0.25, -0.2) is 14.2 Å². The lowest BCUT2D eigenvalue weighted by atomic mass is 9.83. The van der Waals surface area contributed by atoms with Gasteiger partial charge < -0.3 is 15.5 Å². The van der Waals surface area contributed by atoms with E-state index >= 15 is 0 Å². The molecule has 0 fully saturated rings. The minimum absolute atomic E-state index is 0.0939. The molecule has 0 saturated carbocycles. The third-order valence-electron chi connectivity index (χ3n) is 4.02. The number of carbonyl (C=O) groups excluding carboxylic acids is 1. The summed E-state index contributed by atoms with van der Waals surface area (Å²) in [6.45, 7) is 5.55. The van der Waals surface area contributed by atoms with Crippen LogP contribution in [0, 0.1) is 11.2 Å². The summed E-state index contributed by atoms with van der Waals surface area (Å²) in [6, 6.07) is 1.24. The average molecular weight is 463 g/mol. The molecule has 3 N–H and O–H groups in total. The van der Waals surface area contributed by atoms with Gasteiger partial charge in [-0.3, -0.25) is 0 Å². The zero-order valence-corrected chi connectivity index (χ0v) is 17.2. The Labute approximate surface area is 167 Å². The van der Waals surface area contributed by atoms with Crippen molar-refractivity contribution in [1.82, 2.24) is 9.97 Å². The van der Waals surface area contributed by atoms with Gasteiger partial charge in [0, 0.05) is 27.9 Å². The molecule has 0 spiro atoms. The van der Waals surface area contributed by atoms with Crippen molar-refractivity contribution in [3.63, 3.8) is 0 Å². The highest BCUT2D eigenvalue weighted by Gasteiger charge is 2.33. The number of amides is 1. The molecule has 0 bridgehead atoms. The van der Waals surface area contributed by atoms with Crippen LogP contribution >= 0.6 is 39.1 Å². The summed E-state index contributed by atoms with van der Waals surface area (Å²) in [5.41, 5.74) is 6.00. The number of H-pyrrole nitrogens is 1. The zero-order valence-electron chi connectivity index (χ0n) is 14.1. The predicted molar refractivity (Wildman–Crippen MR) is 104 cm³/mol. The average Bonchev–Trinajstić information content (AvgIpc) is 2.92. The van der Waals surface area contributed by atoms with E-state index < -0.39 is 23.4 Å². The lowest BCUT2D eigenvalue weighted by Gasteiger charge is -2.30. The summed E-state index contributed by atoms with van der Waals surface area (Å²) < 4.78 is 20.5. The van der Waals surface area contributed by atoms with Crippen molar-refractivity contribution in [3.05, 3.63) is 38.2 Å². The maximum Gasteiger partial charge on any atom is 0.405 e. The molecule has 3 aromatic rings. The molecule has 1 atom stereocenters. The van der Waals surface area contributed by atoms with Crippen molar-refractivity contribution in [3.8, 4) is 0 Å². The number of nitrogens with one attached hydrogen (secondary N) is 1. The van der Waals surface area contributed by atoms with Crippen molar-refractivity contribution in [2.45, 2.75) is 26.9 Å². The maximum absolute atomic E-state index is 14.6. The molecule has 138 valence electrons. The third-order valence-corrected chi connectivity index (χ3v) is 5.61. The van der Waals surface area contributed by atoms with Crippen LogP contribution in [0.5, 0.6) is 0 Å². The number of primary amides is 1. The van der Waals surface area contributed by atoms with Crippen LogP contribution < -0.4 is 5.73 Å². The molecule has 0 radical (unpaired) electrons. The van der Waals surface area contributed by atoms with Crippen LogP contribution in [0.1, 0.15) is 32.4 Å². The third kappa shape index (κ3) is 3.12. The van der Waals surface area contributed by atoms with Crippen LogP contribution in [-0.2, 0) is 4.74 Å². The number of halogens is 4. The molecule has 26 heavy (non-hydrogen) atoms. The Morgan fingerprint density at radius 1 is 1.35 bits per heavy atom. The van der Waals surface area contributed by atoms with E-state index in [4.69, 9.17) is 33.7 Å². The van der Waals surface area contributed by atoms with E-state index in [2.05, 4.69) is 25.9 Å². The smallest absolute Gasteiger partial charge is 0.405 e. The topological polar surface area (TPSA) is 81.0 Å². The molecule has 1 unspecified atom stereocenters. The number of carbonyl (C=O) groups is 1. The van der Waals surface area contributed by atoms with Crippen LogP contribution in [0.4, 0.5) is 9.18 Å². The molecular formula is C17H15BrCl2FN3O2. The Balaban J connectivity index is 2.46. The van der Waals surface area contributed by atoms with Gasteiger partial charge in [-0.15, -0.1) is 0 Å². The highest BCUT2D eigenvalue weighted by atomic mass is 79.9. The summed E-state index contributed by atoms with van der Waals surface area (Å²) in [4.78, 5) is 18.8. The normalized spacial score (nSPS) is 13.3. The molecule has 0 aliphatic heterocycles. The Morgan fingerprint density at radius 3 is 2.58 bits per heavy atom. The Kier molecular flexibility index (Phi) is 4.83. The Bertz CT molecular complexity index is 1050. The number of fused-ring (bicyclic) bond motifs is 3. The van der Waals surface area contributed by atoms with Crippen molar-refractivity contribution >= 4 is 67.2 Å². The lowest BCUT2D eigenvalue weighted by Crippen LogP contribution is -2.27. The molecule has 0 aliphatic rings. The molecule has 1 amide bonds. The second-order valence-corrected chi connectivity index (χ2v) is 8.57. The number of pyridine rings is 1. The van der Waals surface area contributed by atoms with Crippen molar-refractivity contribution in [2.24, 2.45) is 11.1 Å². The highest BCUT2D eigenvalue weighted by molar-refractivity contribution is 9.10. The van der Waals surface area contributed by atoms with E-state index in [-0.39, 0.29) is 5.02 Å². The van der Waals surface area contributed by atoms with Crippen molar-refractivity contribution in [2.75, 3.05) is 0 Å². The Hall–Kier alpha value is -1.57. The van der Waals surface area contributed by atoms with Crippen LogP contribution in [-0.4, -0.2) is 16.1 Å². The lowest BCUT2D eigenvalue weighted by molar-refractivity contribution is 0.0367. The number of hydrogen-bond donors (Lipinski definition) is 2. The minimum Gasteiger partial charge on any atom is -0.441 e. The number of benzene rings is 1. The van der Waals surface area contributed by atoms with E-state index in [1.54, 1.807) is 0 Å². The standard InChI is InChI=1S/C17H15BrCl2FN3O2/c1-17(2,3)14(26-16(22)25)6-4-8(21)12(20)9-10-11(19)7(18)5-23-15(10)24-13(6)9/h4-5,14H,1-3H3,(H2,22,25)(H,23,24). The van der Waals surface area contributed by atoms with E-state index in [0.29, 0.717) is 37.0 Å². The van der Waals surface area contributed by atoms with Crippen LogP contribution in [0.15, 0.2) is 16.7 Å². The number of aromatic amines is 1. The Morgan fingerprint density at radius 2 is 2.00 bits per heavy atom. The molecule has 2 aromatic heterocycles. The number of nitrogens with zero attached hydrogens (tertiary/aromatic N) is 1. The van der Waals surface area contributed by atoms with Gasteiger partial charge >= 0.3 is 6.09 Å². The van der Waals surface area contributed by atoms with Gasteiger partial charge in [0.25, 0.3) is 0 Å². The van der Waals surface area contributed by atoms with Gasteiger partial charge in [-0.05, 0) is 22.0 Å². The number of rotatable bonds is 2. The highest BCUT2D eigenvalue weighted by Crippen LogP contribution is 2.45. The monoisotopic (exact) mass is 461 g/mol. The van der Waals surface area contributed by atoms with Crippen LogP contribution in [0.2, 0.25) is 10.0 Å². The van der Waals surface area contributed by atoms with Crippen molar-refractivity contribution < 1.29 is 13.9 Å². The fourth-order valence-corrected chi connectivity index (χ4v) is 3.73. The van der Waals surface area contributed by atoms with E-state index in [1.165, 1.54) is 12.3 Å². The molecular weight excluding hydrogens is 448 g/mol. The first kappa shape index (κ1) is 19.2. The number of nitrogens with two attached hydrogens (primary N) is 1. The first-order valence-electron chi connectivity index (χ1n) is 7.61. The zero-order chi connectivity index (χ0) is 19.4. The van der Waals surface area contributed by atoms with Crippen molar-refractivity contribution in [1.29, 1.82) is 0 Å². The number of ether oxygens (including phenoxy) is 1. The minimum atomic E-state index is -0.955. The number of aromatic nitrogens is 2. The molecule has 0 saturated heterocycles. The second-order valence-electron chi connectivity index (χ2n) is 6.96. The van der Waals surface area contributed by atoms with E-state index in [9.17, 15) is 9.18 Å². The van der Waals surface area contributed by atoms with Gasteiger partial charge in [-0.2, -0.15) is 0 Å². The van der Waals surface area contributed by atoms with Crippen LogP contribution in [0.3, 0.4) is 0 Å². The summed E-state index contributed by atoms with van der Waals surface area (Å²) in [7, 11) is 0. The predicted octanol–water partition coefficient (Wildman–Crippen LogP) is 6.11. The molecule has 1 aromatic carbocycles. The van der Waals surface area contributed by atoms with Crippen LogP contribution in [0.25, 0.3) is 21.9 Å². The fraction of sp³-hybridized carbons (Fsp3) is 0.294. The molecule has 3 rings (SSSR count). The first-order chi connectivity index (χ1) is 12.0. The summed E-state index contributed by atoms with van der Waals surface area (Å²) in [6.07, 6.45) is -0.238. The maximum atomic E-state index is 14.6. The molecule has 9 heteroatoms. The summed E-state index contributed by atoms with van der Waals surface area (Å²) in [5.74, 6) is -0.659. The van der Waals surface area contributed by atoms with E-state index in [0.717, 1.165) is 0 Å². The van der Waals surface area contributed by atoms with Gasteiger partial charge in [0.1, 0.15) is 17.6 Å². The molecule has 2 heterocycles. The SMILES string of the molecule is CC(C)(C)C(OC(N)=O)c1cc(F)c(Cl)c2c1[nH]c1ncc(Br)c(Cl)c12. The van der Waals surface area contributed by atoms with Gasteiger partial charge in [0.05, 0.1) is 20.0 Å². The summed E-state index contributed by atoms with van der Waals surface area (Å²) in [5, 5.41) is 1.11. The summed E-state index contributed by atoms with van der Waals surface area (Å²) >= 11 is 15.9. The number of hydrogen-bond acceptors (Lipinski definition) is 3. The van der Waals surface area contributed by atoms with Gasteiger partial charge in [0.15, 0.2) is 0 Å². The largest absolute Gasteiger partial charge is 0.441 e. The first-order valence-corrected chi connectivity index (χ1v) is 9.16.